The maximum Gasteiger partial charge on any atom is 0.319 e. The second-order valence-electron chi connectivity index (χ2n) is 5.79. The molecule has 0 radical (unpaired) electrons. The summed E-state index contributed by atoms with van der Waals surface area (Å²) in [4.78, 5) is 36.7. The van der Waals surface area contributed by atoms with Gasteiger partial charge in [-0.25, -0.2) is 0 Å². The number of hydrogen-bond donors (Lipinski definition) is 1. The second-order valence-corrected chi connectivity index (χ2v) is 7.64. The third-order valence-corrected chi connectivity index (χ3v) is 5.08. The molecule has 140 valence electrons. The van der Waals surface area contributed by atoms with E-state index in [-0.39, 0.29) is 24.9 Å². The summed E-state index contributed by atoms with van der Waals surface area (Å²) in [5.41, 5.74) is 0.750. The lowest BCUT2D eigenvalue weighted by Crippen LogP contribution is -2.26. The van der Waals surface area contributed by atoms with Gasteiger partial charge in [-0.15, -0.1) is 11.8 Å². The summed E-state index contributed by atoms with van der Waals surface area (Å²) in [5, 5.41) is 2.77. The van der Waals surface area contributed by atoms with Crippen LogP contribution in [-0.4, -0.2) is 36.1 Å². The van der Waals surface area contributed by atoms with Gasteiger partial charge in [-0.2, -0.15) is 0 Å². The number of fused-ring (bicyclic) bond motifs is 1. The van der Waals surface area contributed by atoms with Crippen molar-refractivity contribution in [3.05, 3.63) is 53.1 Å². The van der Waals surface area contributed by atoms with Crippen molar-refractivity contribution in [2.75, 3.05) is 18.5 Å². The number of carbonyl (C=O) groups excluding carboxylic acids is 3. The van der Waals surface area contributed by atoms with Gasteiger partial charge < -0.3 is 14.8 Å². The smallest absolute Gasteiger partial charge is 0.319 e. The van der Waals surface area contributed by atoms with Gasteiger partial charge in [0.2, 0.25) is 0 Å². The summed E-state index contributed by atoms with van der Waals surface area (Å²) in [5.74, 6) is -0.643. The van der Waals surface area contributed by atoms with Crippen LogP contribution in [0.3, 0.4) is 0 Å². The van der Waals surface area contributed by atoms with Gasteiger partial charge in [0.1, 0.15) is 11.0 Å². The third kappa shape index (κ3) is 5.02. The molecule has 27 heavy (non-hydrogen) atoms. The van der Waals surface area contributed by atoms with Crippen molar-refractivity contribution in [1.29, 1.82) is 0 Å². The Hall–Kier alpha value is -2.51. The first-order chi connectivity index (χ1) is 12.9. The first-order valence-corrected chi connectivity index (χ1v) is 9.37. The molecule has 1 heterocycles. The fourth-order valence-electron chi connectivity index (χ4n) is 2.36. The maximum absolute atomic E-state index is 12.3. The first-order valence-electron chi connectivity index (χ1n) is 8.11. The molecule has 0 aromatic heterocycles. The van der Waals surface area contributed by atoms with E-state index in [4.69, 9.17) is 21.1 Å². The Morgan fingerprint density at radius 1 is 1.26 bits per heavy atom. The number of nitrogens with one attached hydrogen (secondary N) is 1. The summed E-state index contributed by atoms with van der Waals surface area (Å²) in [7, 11) is 0. The molecule has 3 rings (SSSR count). The number of ether oxygens (including phenoxy) is 2. The summed E-state index contributed by atoms with van der Waals surface area (Å²) in [6.45, 7) is 1.27. The normalized spacial score (nSPS) is 13.8. The van der Waals surface area contributed by atoms with Crippen molar-refractivity contribution < 1.29 is 23.9 Å². The minimum Gasteiger partial charge on any atom is -0.482 e. The van der Waals surface area contributed by atoms with E-state index in [1.54, 1.807) is 31.2 Å². The minimum absolute atomic E-state index is 0.0545. The first kappa shape index (κ1) is 19.3. The SMILES string of the molecule is C[C@H](Sc1ccc(Cl)cc1)C(=O)OCC(=O)c1ccc2c(c1)NC(=O)CO2. The number of Topliss-reactive ketones (excluding diaryl/α,β-unsaturated/α-hetero) is 1. The zero-order chi connectivity index (χ0) is 19.4. The molecule has 0 saturated carbocycles. The van der Waals surface area contributed by atoms with Gasteiger partial charge in [-0.05, 0) is 49.4 Å². The van der Waals surface area contributed by atoms with Gasteiger partial charge in [-0.1, -0.05) is 11.6 Å². The molecule has 2 aromatic carbocycles. The lowest BCUT2D eigenvalue weighted by molar-refractivity contribution is -0.141. The van der Waals surface area contributed by atoms with Gasteiger partial charge in [0.25, 0.3) is 5.91 Å². The molecule has 0 spiro atoms. The van der Waals surface area contributed by atoms with Crippen molar-refractivity contribution in [2.24, 2.45) is 0 Å². The number of esters is 1. The fraction of sp³-hybridized carbons (Fsp3) is 0.211. The number of carbonyl (C=O) groups is 3. The zero-order valence-corrected chi connectivity index (χ0v) is 15.9. The van der Waals surface area contributed by atoms with Gasteiger partial charge in [0.05, 0.1) is 5.69 Å². The summed E-state index contributed by atoms with van der Waals surface area (Å²) in [6.07, 6.45) is 0. The molecule has 1 amide bonds. The van der Waals surface area contributed by atoms with E-state index in [1.165, 1.54) is 17.8 Å². The highest BCUT2D eigenvalue weighted by atomic mass is 35.5. The standard InChI is InChI=1S/C19H16ClNO5S/c1-11(27-14-5-3-13(20)4-6-14)19(24)26-9-16(22)12-2-7-17-15(8-12)21-18(23)10-25-17/h2-8,11H,9-10H2,1H3,(H,21,23)/t11-/m0/s1. The van der Waals surface area contributed by atoms with Crippen LogP contribution in [0.25, 0.3) is 0 Å². The largest absolute Gasteiger partial charge is 0.482 e. The Morgan fingerprint density at radius 2 is 2.00 bits per heavy atom. The van der Waals surface area contributed by atoms with Gasteiger partial charge in [0.15, 0.2) is 19.0 Å². The molecule has 0 aliphatic carbocycles. The Bertz CT molecular complexity index is 884. The highest BCUT2D eigenvalue weighted by Gasteiger charge is 2.20. The number of benzene rings is 2. The van der Waals surface area contributed by atoms with Crippen LogP contribution in [0.2, 0.25) is 5.02 Å². The summed E-state index contributed by atoms with van der Waals surface area (Å²) >= 11 is 7.15. The molecule has 1 N–H and O–H groups in total. The number of amides is 1. The van der Waals surface area contributed by atoms with E-state index in [2.05, 4.69) is 5.32 Å². The number of rotatable bonds is 6. The number of ketones is 1. The molecular formula is C19H16ClNO5S. The van der Waals surface area contributed by atoms with Gasteiger partial charge >= 0.3 is 5.97 Å². The number of hydrogen-bond acceptors (Lipinski definition) is 6. The average Bonchev–Trinajstić information content (AvgIpc) is 2.66. The third-order valence-electron chi connectivity index (χ3n) is 3.74. The maximum atomic E-state index is 12.3. The minimum atomic E-state index is -0.488. The summed E-state index contributed by atoms with van der Waals surface area (Å²) in [6, 6.07) is 11.8. The fourth-order valence-corrected chi connectivity index (χ4v) is 3.35. The van der Waals surface area contributed by atoms with E-state index in [0.29, 0.717) is 22.0 Å². The van der Waals surface area contributed by atoms with Crippen molar-refractivity contribution in [2.45, 2.75) is 17.1 Å². The molecule has 1 aliphatic rings. The van der Waals surface area contributed by atoms with Crippen molar-refractivity contribution in [3.8, 4) is 5.75 Å². The van der Waals surface area contributed by atoms with Crippen LogP contribution in [0.5, 0.6) is 5.75 Å². The predicted molar refractivity (Wildman–Crippen MR) is 103 cm³/mol. The lowest BCUT2D eigenvalue weighted by Gasteiger charge is -2.18. The monoisotopic (exact) mass is 405 g/mol. The molecule has 0 fully saturated rings. The molecule has 0 unspecified atom stereocenters. The topological polar surface area (TPSA) is 81.7 Å². The van der Waals surface area contributed by atoms with E-state index < -0.39 is 11.2 Å². The van der Waals surface area contributed by atoms with Crippen LogP contribution in [-0.2, 0) is 14.3 Å². The van der Waals surface area contributed by atoms with E-state index in [1.807, 2.05) is 12.1 Å². The molecular weight excluding hydrogens is 390 g/mol. The van der Waals surface area contributed by atoms with Crippen LogP contribution in [0, 0.1) is 0 Å². The van der Waals surface area contributed by atoms with E-state index >= 15 is 0 Å². The molecule has 6 nitrogen and oxygen atoms in total. The second kappa shape index (κ2) is 8.45. The Labute approximate surface area is 165 Å². The Balaban J connectivity index is 1.55. The average molecular weight is 406 g/mol. The molecule has 0 bridgehead atoms. The number of thioether (sulfide) groups is 1. The molecule has 0 saturated heterocycles. The van der Waals surface area contributed by atoms with E-state index in [9.17, 15) is 14.4 Å². The quantitative estimate of drug-likeness (QED) is 0.449. The molecule has 1 atom stereocenters. The number of halogens is 1. The van der Waals surface area contributed by atoms with Crippen molar-refractivity contribution in [1.82, 2.24) is 0 Å². The highest BCUT2D eigenvalue weighted by Crippen LogP contribution is 2.29. The molecule has 2 aromatic rings. The van der Waals surface area contributed by atoms with Crippen LogP contribution >= 0.6 is 23.4 Å². The zero-order valence-electron chi connectivity index (χ0n) is 14.4. The Morgan fingerprint density at radius 3 is 2.74 bits per heavy atom. The molecule has 1 aliphatic heterocycles. The van der Waals surface area contributed by atoms with Crippen molar-refractivity contribution >= 4 is 46.7 Å². The Kier molecular flexibility index (Phi) is 6.03. The lowest BCUT2D eigenvalue weighted by atomic mass is 10.1. The van der Waals surface area contributed by atoms with Crippen LogP contribution in [0.4, 0.5) is 5.69 Å². The van der Waals surface area contributed by atoms with Gasteiger partial charge in [-0.3, -0.25) is 14.4 Å². The van der Waals surface area contributed by atoms with Crippen LogP contribution in [0.1, 0.15) is 17.3 Å². The summed E-state index contributed by atoms with van der Waals surface area (Å²) < 4.78 is 10.4. The highest BCUT2D eigenvalue weighted by molar-refractivity contribution is 8.00. The van der Waals surface area contributed by atoms with Crippen LogP contribution < -0.4 is 10.1 Å². The van der Waals surface area contributed by atoms with Crippen LogP contribution in [0.15, 0.2) is 47.4 Å². The van der Waals surface area contributed by atoms with Crippen molar-refractivity contribution in [3.63, 3.8) is 0 Å². The van der Waals surface area contributed by atoms with E-state index in [0.717, 1.165) is 4.90 Å². The molecule has 8 heteroatoms. The van der Waals surface area contributed by atoms with Gasteiger partial charge in [0, 0.05) is 15.5 Å². The predicted octanol–water partition coefficient (Wildman–Crippen LogP) is 3.58. The number of anilines is 1.